The smallest absolute Gasteiger partial charge is 0.338 e. The number of rotatable bonds is 7. The van der Waals surface area contributed by atoms with Crippen LogP contribution in [0.1, 0.15) is 89.4 Å². The molecule has 2 saturated carbocycles. The van der Waals surface area contributed by atoms with Gasteiger partial charge in [-0.3, -0.25) is 4.98 Å². The molecule has 150 valence electrons. The largest absolute Gasteiger partial charge is 0.458 e. The number of aromatic nitrogens is 1. The maximum atomic E-state index is 12.6. The quantitative estimate of drug-likeness (QED) is 0.529. The molecular formula is C24H37NO2. The second-order valence-corrected chi connectivity index (χ2v) is 9.67. The van der Waals surface area contributed by atoms with Crippen LogP contribution in [0, 0.1) is 29.1 Å². The third kappa shape index (κ3) is 4.55. The third-order valence-electron chi connectivity index (χ3n) is 7.44. The summed E-state index contributed by atoms with van der Waals surface area (Å²) in [4.78, 5) is 16.6. The molecular weight excluding hydrogens is 334 g/mol. The standard InChI is InChI=1S/C24H37NO2/c1-17(2)7-5-8-18(3)20-10-11-21-22(9-6-14-24(20,21)4)27-23(26)19-12-15-25-16-13-19/h12-13,15-18,20-22H,5-11,14H2,1-4H3/t18-,20-,21+,22+,24-/m1/s1. The van der Waals surface area contributed by atoms with Gasteiger partial charge in [-0.2, -0.15) is 0 Å². The minimum absolute atomic E-state index is 0.0808. The first-order chi connectivity index (χ1) is 12.9. The summed E-state index contributed by atoms with van der Waals surface area (Å²) in [5.41, 5.74) is 0.951. The Bertz CT molecular complexity index is 614. The lowest BCUT2D eigenvalue weighted by Gasteiger charge is -2.46. The highest BCUT2D eigenvalue weighted by atomic mass is 16.5. The maximum Gasteiger partial charge on any atom is 0.338 e. The second kappa shape index (κ2) is 8.75. The van der Waals surface area contributed by atoms with Gasteiger partial charge in [0, 0.05) is 18.3 Å². The molecule has 2 fully saturated rings. The number of nitrogens with zero attached hydrogens (tertiary/aromatic N) is 1. The van der Waals surface area contributed by atoms with Crippen molar-refractivity contribution >= 4 is 5.97 Å². The topological polar surface area (TPSA) is 39.2 Å². The lowest BCUT2D eigenvalue weighted by Crippen LogP contribution is -2.43. The van der Waals surface area contributed by atoms with E-state index < -0.39 is 0 Å². The van der Waals surface area contributed by atoms with Crippen LogP contribution in [0.3, 0.4) is 0 Å². The number of pyridine rings is 1. The zero-order valence-corrected chi connectivity index (χ0v) is 17.6. The molecule has 0 bridgehead atoms. The van der Waals surface area contributed by atoms with Crippen LogP contribution in [0.25, 0.3) is 0 Å². The van der Waals surface area contributed by atoms with E-state index in [-0.39, 0.29) is 12.1 Å². The number of hydrogen-bond acceptors (Lipinski definition) is 3. The minimum atomic E-state index is -0.180. The fourth-order valence-electron chi connectivity index (χ4n) is 5.98. The molecule has 1 aromatic heterocycles. The van der Waals surface area contributed by atoms with E-state index in [0.29, 0.717) is 16.9 Å². The van der Waals surface area contributed by atoms with Crippen LogP contribution < -0.4 is 0 Å². The SMILES string of the molecule is CC(C)CCC[C@@H](C)[C@H]1CC[C@H]2[C@@H](OC(=O)c3ccncc3)CCC[C@]12C. The molecule has 0 spiro atoms. The number of carbonyl (C=O) groups excluding carboxylic acids is 1. The van der Waals surface area contributed by atoms with Gasteiger partial charge in [0.25, 0.3) is 0 Å². The Morgan fingerprint density at radius 3 is 2.63 bits per heavy atom. The van der Waals surface area contributed by atoms with Crippen LogP contribution in [-0.4, -0.2) is 17.1 Å². The zero-order chi connectivity index (χ0) is 19.4. The monoisotopic (exact) mass is 371 g/mol. The van der Waals surface area contributed by atoms with Gasteiger partial charge in [0.05, 0.1) is 5.56 Å². The number of hydrogen-bond donors (Lipinski definition) is 0. The first-order valence-electron chi connectivity index (χ1n) is 11.0. The molecule has 3 nitrogen and oxygen atoms in total. The fraction of sp³-hybridized carbons (Fsp3) is 0.750. The molecule has 0 amide bonds. The number of esters is 1. The van der Waals surface area contributed by atoms with E-state index in [1.807, 2.05) is 0 Å². The van der Waals surface area contributed by atoms with Crippen molar-refractivity contribution < 1.29 is 9.53 Å². The van der Waals surface area contributed by atoms with E-state index in [0.717, 1.165) is 24.2 Å². The molecule has 1 heterocycles. The summed E-state index contributed by atoms with van der Waals surface area (Å²) >= 11 is 0. The van der Waals surface area contributed by atoms with Crippen molar-refractivity contribution in [2.24, 2.45) is 29.1 Å². The van der Waals surface area contributed by atoms with E-state index in [1.54, 1.807) is 24.5 Å². The van der Waals surface area contributed by atoms with Crippen LogP contribution in [0.15, 0.2) is 24.5 Å². The summed E-state index contributed by atoms with van der Waals surface area (Å²) in [6, 6.07) is 3.50. The Labute approximate surface area is 165 Å². The van der Waals surface area contributed by atoms with Crippen molar-refractivity contribution in [3.8, 4) is 0 Å². The molecule has 2 aliphatic rings. The van der Waals surface area contributed by atoms with Crippen molar-refractivity contribution in [2.45, 2.75) is 85.2 Å². The van der Waals surface area contributed by atoms with E-state index in [2.05, 4.69) is 32.7 Å². The highest BCUT2D eigenvalue weighted by molar-refractivity contribution is 5.89. The molecule has 0 saturated heterocycles. The van der Waals surface area contributed by atoms with E-state index in [9.17, 15) is 4.79 Å². The summed E-state index contributed by atoms with van der Waals surface area (Å²) < 4.78 is 6.03. The van der Waals surface area contributed by atoms with Gasteiger partial charge in [-0.15, -0.1) is 0 Å². The lowest BCUT2D eigenvalue weighted by molar-refractivity contribution is -0.0473. The van der Waals surface area contributed by atoms with Gasteiger partial charge in [0.15, 0.2) is 0 Å². The van der Waals surface area contributed by atoms with Gasteiger partial charge >= 0.3 is 5.97 Å². The van der Waals surface area contributed by atoms with Gasteiger partial charge in [0.2, 0.25) is 0 Å². The van der Waals surface area contributed by atoms with Crippen molar-refractivity contribution in [1.29, 1.82) is 0 Å². The number of ether oxygens (including phenoxy) is 1. The molecule has 0 radical (unpaired) electrons. The average molecular weight is 372 g/mol. The number of fused-ring (bicyclic) bond motifs is 1. The summed E-state index contributed by atoms with van der Waals surface area (Å²) in [5, 5.41) is 0. The van der Waals surface area contributed by atoms with Crippen molar-refractivity contribution in [2.75, 3.05) is 0 Å². The molecule has 0 aromatic carbocycles. The minimum Gasteiger partial charge on any atom is -0.458 e. The average Bonchev–Trinajstić information content (AvgIpc) is 3.00. The Morgan fingerprint density at radius 1 is 1.19 bits per heavy atom. The Kier molecular flexibility index (Phi) is 6.60. The van der Waals surface area contributed by atoms with Gasteiger partial charge < -0.3 is 4.74 Å². The van der Waals surface area contributed by atoms with E-state index in [1.165, 1.54) is 44.9 Å². The van der Waals surface area contributed by atoms with Gasteiger partial charge in [-0.1, -0.05) is 47.0 Å². The van der Waals surface area contributed by atoms with Gasteiger partial charge in [0.1, 0.15) is 6.10 Å². The Balaban J connectivity index is 1.64. The normalized spacial score (nSPS) is 31.5. The second-order valence-electron chi connectivity index (χ2n) is 9.67. The van der Waals surface area contributed by atoms with Gasteiger partial charge in [-0.05, 0) is 67.4 Å². The molecule has 2 aliphatic carbocycles. The fourth-order valence-corrected chi connectivity index (χ4v) is 5.98. The predicted octanol–water partition coefficient (Wildman–Crippen LogP) is 6.29. The Morgan fingerprint density at radius 2 is 1.93 bits per heavy atom. The molecule has 0 aliphatic heterocycles. The third-order valence-corrected chi connectivity index (χ3v) is 7.44. The lowest BCUT2D eigenvalue weighted by atomic mass is 9.61. The molecule has 3 rings (SSSR count). The first kappa shape index (κ1) is 20.4. The molecule has 3 heteroatoms. The van der Waals surface area contributed by atoms with Crippen LogP contribution in [0.2, 0.25) is 0 Å². The Hall–Kier alpha value is -1.38. The summed E-state index contributed by atoms with van der Waals surface area (Å²) in [5.74, 6) is 2.69. The maximum absolute atomic E-state index is 12.6. The molecule has 27 heavy (non-hydrogen) atoms. The van der Waals surface area contributed by atoms with Crippen molar-refractivity contribution in [3.63, 3.8) is 0 Å². The molecule has 0 unspecified atom stereocenters. The van der Waals surface area contributed by atoms with E-state index in [4.69, 9.17) is 4.74 Å². The molecule has 0 N–H and O–H groups in total. The zero-order valence-electron chi connectivity index (χ0n) is 17.6. The summed E-state index contributed by atoms with van der Waals surface area (Å²) in [7, 11) is 0. The predicted molar refractivity (Wildman–Crippen MR) is 109 cm³/mol. The van der Waals surface area contributed by atoms with Crippen LogP contribution in [0.4, 0.5) is 0 Å². The highest BCUT2D eigenvalue weighted by Gasteiger charge is 2.53. The summed E-state index contributed by atoms with van der Waals surface area (Å²) in [6.45, 7) is 9.59. The highest BCUT2D eigenvalue weighted by Crippen LogP contribution is 2.58. The van der Waals surface area contributed by atoms with Gasteiger partial charge in [-0.25, -0.2) is 4.79 Å². The molecule has 1 aromatic rings. The van der Waals surface area contributed by atoms with Crippen molar-refractivity contribution in [1.82, 2.24) is 4.98 Å². The van der Waals surface area contributed by atoms with Crippen LogP contribution in [-0.2, 0) is 4.74 Å². The van der Waals surface area contributed by atoms with Crippen LogP contribution >= 0.6 is 0 Å². The van der Waals surface area contributed by atoms with Crippen LogP contribution in [0.5, 0.6) is 0 Å². The molecule has 5 atom stereocenters. The number of carbonyl (C=O) groups is 1. The summed E-state index contributed by atoms with van der Waals surface area (Å²) in [6.07, 6.45) is 13.4. The first-order valence-corrected chi connectivity index (χ1v) is 11.0. The van der Waals surface area contributed by atoms with Crippen molar-refractivity contribution in [3.05, 3.63) is 30.1 Å². The van der Waals surface area contributed by atoms with E-state index >= 15 is 0 Å².